The van der Waals surface area contributed by atoms with Gasteiger partial charge in [0.25, 0.3) is 0 Å². The molecule has 0 bridgehead atoms. The van der Waals surface area contributed by atoms with Crippen molar-refractivity contribution in [3.8, 4) is 0 Å². The zero-order chi connectivity index (χ0) is 21.5. The highest BCUT2D eigenvalue weighted by Gasteiger charge is 2.43. The molecule has 8 nitrogen and oxygen atoms in total. The molecule has 164 valence electrons. The maximum atomic E-state index is 13.3. The van der Waals surface area contributed by atoms with Gasteiger partial charge in [-0.2, -0.15) is 9.30 Å². The molecule has 4 rings (SSSR count). The van der Waals surface area contributed by atoms with E-state index in [9.17, 15) is 8.42 Å². The molecule has 30 heavy (non-hydrogen) atoms. The number of nitrogens with zero attached hydrogens (tertiary/aromatic N) is 4. The number of guanidine groups is 2. The second-order valence-corrected chi connectivity index (χ2v) is 10.6. The van der Waals surface area contributed by atoms with Crippen molar-refractivity contribution in [2.75, 3.05) is 4.90 Å². The summed E-state index contributed by atoms with van der Waals surface area (Å²) in [6, 6.07) is 6.97. The zero-order valence-electron chi connectivity index (χ0n) is 17.8. The van der Waals surface area contributed by atoms with E-state index in [0.29, 0.717) is 10.9 Å². The van der Waals surface area contributed by atoms with Crippen molar-refractivity contribution in [2.45, 2.75) is 87.9 Å². The summed E-state index contributed by atoms with van der Waals surface area (Å²) in [5.41, 5.74) is 12.5. The molecule has 0 amide bonds. The van der Waals surface area contributed by atoms with Crippen LogP contribution in [0.4, 0.5) is 5.69 Å². The summed E-state index contributed by atoms with van der Waals surface area (Å²) in [5.74, 6) is 0.510. The molecule has 2 heterocycles. The van der Waals surface area contributed by atoms with Crippen molar-refractivity contribution in [2.24, 2.45) is 21.5 Å². The van der Waals surface area contributed by atoms with Crippen LogP contribution in [-0.2, 0) is 10.0 Å². The molecule has 1 aliphatic carbocycles. The smallest absolute Gasteiger partial charge is 0.243 e. The highest BCUT2D eigenvalue weighted by molar-refractivity contribution is 7.89. The monoisotopic (exact) mass is 432 g/mol. The molecule has 1 spiro atoms. The van der Waals surface area contributed by atoms with Crippen molar-refractivity contribution < 1.29 is 8.42 Å². The van der Waals surface area contributed by atoms with Crippen molar-refractivity contribution in [3.63, 3.8) is 0 Å². The Morgan fingerprint density at radius 3 is 2.17 bits per heavy atom. The van der Waals surface area contributed by atoms with Crippen LogP contribution in [0.3, 0.4) is 0 Å². The van der Waals surface area contributed by atoms with E-state index in [1.165, 1.54) is 0 Å². The SMILES string of the molecule is CC1CCCC(C)N1S(=O)(=O)c1ccc(N2C(N)=NC(N)=NC23CCCCC3)cc1. The minimum Gasteiger partial charge on any atom is -0.369 e. The Balaban J connectivity index is 1.67. The van der Waals surface area contributed by atoms with Gasteiger partial charge in [0.2, 0.25) is 21.9 Å². The van der Waals surface area contributed by atoms with E-state index in [4.69, 9.17) is 11.5 Å². The van der Waals surface area contributed by atoms with Gasteiger partial charge in [-0.25, -0.2) is 13.4 Å². The second kappa shape index (κ2) is 7.85. The quantitative estimate of drug-likeness (QED) is 0.761. The van der Waals surface area contributed by atoms with Crippen LogP contribution in [0.1, 0.15) is 65.2 Å². The van der Waals surface area contributed by atoms with Crippen LogP contribution in [0.5, 0.6) is 0 Å². The first-order chi connectivity index (χ1) is 14.2. The van der Waals surface area contributed by atoms with Crippen molar-refractivity contribution in [3.05, 3.63) is 24.3 Å². The van der Waals surface area contributed by atoms with E-state index >= 15 is 0 Å². The minimum absolute atomic E-state index is 0.00567. The largest absolute Gasteiger partial charge is 0.369 e. The van der Waals surface area contributed by atoms with Crippen LogP contribution < -0.4 is 16.4 Å². The molecule has 1 saturated heterocycles. The van der Waals surface area contributed by atoms with Crippen LogP contribution in [0, 0.1) is 0 Å². The number of piperidine rings is 1. The number of aliphatic imine (C=N–C) groups is 2. The number of sulfonamides is 1. The average molecular weight is 433 g/mol. The molecule has 3 aliphatic rings. The Bertz CT molecular complexity index is 940. The van der Waals surface area contributed by atoms with Gasteiger partial charge in [-0.15, -0.1) is 0 Å². The summed E-state index contributed by atoms with van der Waals surface area (Å²) in [4.78, 5) is 11.1. The summed E-state index contributed by atoms with van der Waals surface area (Å²) in [5, 5.41) is 0. The standard InChI is InChI=1S/C21H32N6O2S/c1-15-7-6-8-16(2)27(15)30(28,29)18-11-9-17(10-12-18)26-20(23)24-19(22)25-21(26)13-4-3-5-14-21/h9-12,15-16H,3-8,13-14H2,1-2H3,(H4,22,23,24,25). The number of rotatable bonds is 3. The van der Waals surface area contributed by atoms with Gasteiger partial charge in [0, 0.05) is 17.8 Å². The van der Waals surface area contributed by atoms with Gasteiger partial charge in [-0.3, -0.25) is 4.90 Å². The van der Waals surface area contributed by atoms with Crippen LogP contribution >= 0.6 is 0 Å². The summed E-state index contributed by atoms with van der Waals surface area (Å²) in [7, 11) is -3.56. The predicted octanol–water partition coefficient (Wildman–Crippen LogP) is 2.75. The highest BCUT2D eigenvalue weighted by atomic mass is 32.2. The Labute approximate surface area is 179 Å². The van der Waals surface area contributed by atoms with Gasteiger partial charge in [0.05, 0.1) is 4.90 Å². The first-order valence-electron chi connectivity index (χ1n) is 10.9. The lowest BCUT2D eigenvalue weighted by Crippen LogP contribution is -2.58. The molecule has 0 radical (unpaired) electrons. The lowest BCUT2D eigenvalue weighted by atomic mass is 9.87. The Morgan fingerprint density at radius 1 is 0.967 bits per heavy atom. The van der Waals surface area contributed by atoms with Crippen molar-refractivity contribution in [1.29, 1.82) is 0 Å². The first kappa shape index (κ1) is 21.1. The number of benzene rings is 1. The molecule has 1 aromatic carbocycles. The summed E-state index contributed by atoms with van der Waals surface area (Å²) < 4.78 is 28.3. The fraction of sp³-hybridized carbons (Fsp3) is 0.619. The van der Waals surface area contributed by atoms with E-state index in [1.54, 1.807) is 16.4 Å². The van der Waals surface area contributed by atoms with Crippen LogP contribution in [0.25, 0.3) is 0 Å². The third-order valence-electron chi connectivity index (χ3n) is 6.63. The van der Waals surface area contributed by atoms with Gasteiger partial charge in [0.1, 0.15) is 5.66 Å². The third kappa shape index (κ3) is 3.58. The lowest BCUT2D eigenvalue weighted by molar-refractivity contribution is 0.204. The molecule has 2 aliphatic heterocycles. The number of hydrogen-bond acceptors (Lipinski definition) is 7. The molecule has 1 aromatic rings. The number of hydrogen-bond donors (Lipinski definition) is 2. The Hall–Kier alpha value is -2.13. The maximum Gasteiger partial charge on any atom is 0.243 e. The van der Waals surface area contributed by atoms with Crippen LogP contribution in [0.2, 0.25) is 0 Å². The van der Waals surface area contributed by atoms with Crippen molar-refractivity contribution in [1.82, 2.24) is 4.31 Å². The van der Waals surface area contributed by atoms with Gasteiger partial charge in [-0.1, -0.05) is 12.8 Å². The van der Waals surface area contributed by atoms with Crippen LogP contribution in [0.15, 0.2) is 39.1 Å². The van der Waals surface area contributed by atoms with Gasteiger partial charge >= 0.3 is 0 Å². The predicted molar refractivity (Wildman–Crippen MR) is 120 cm³/mol. The van der Waals surface area contributed by atoms with E-state index < -0.39 is 15.7 Å². The molecule has 4 N–H and O–H groups in total. The highest BCUT2D eigenvalue weighted by Crippen LogP contribution is 2.40. The van der Waals surface area contributed by atoms with Gasteiger partial charge in [0.15, 0.2) is 0 Å². The number of nitrogens with two attached hydrogens (primary N) is 2. The summed E-state index contributed by atoms with van der Waals surface area (Å²) in [6.45, 7) is 3.98. The fourth-order valence-corrected chi connectivity index (χ4v) is 7.14. The van der Waals surface area contributed by atoms with E-state index in [1.807, 2.05) is 30.9 Å². The average Bonchev–Trinajstić information content (AvgIpc) is 2.68. The van der Waals surface area contributed by atoms with E-state index in [-0.39, 0.29) is 18.0 Å². The van der Waals surface area contributed by atoms with Gasteiger partial charge < -0.3 is 11.5 Å². The third-order valence-corrected chi connectivity index (χ3v) is 8.78. The Kier molecular flexibility index (Phi) is 5.52. The molecule has 0 aromatic heterocycles. The summed E-state index contributed by atoms with van der Waals surface area (Å²) in [6.07, 6.45) is 7.77. The lowest BCUT2D eigenvalue weighted by Gasteiger charge is -2.45. The normalized spacial score (nSPS) is 27.6. The van der Waals surface area contributed by atoms with Gasteiger partial charge in [-0.05, 0) is 76.6 Å². The minimum atomic E-state index is -3.56. The maximum absolute atomic E-state index is 13.3. The molecular formula is C21H32N6O2S. The topological polar surface area (TPSA) is 117 Å². The zero-order valence-corrected chi connectivity index (χ0v) is 18.6. The van der Waals surface area contributed by atoms with E-state index in [0.717, 1.165) is 57.1 Å². The molecule has 2 atom stereocenters. The van der Waals surface area contributed by atoms with Crippen LogP contribution in [-0.4, -0.2) is 42.4 Å². The molecular weight excluding hydrogens is 400 g/mol. The molecule has 2 fully saturated rings. The summed E-state index contributed by atoms with van der Waals surface area (Å²) >= 11 is 0. The molecule has 9 heteroatoms. The molecule has 1 saturated carbocycles. The number of anilines is 1. The molecule has 2 unspecified atom stereocenters. The Morgan fingerprint density at radius 2 is 1.57 bits per heavy atom. The van der Waals surface area contributed by atoms with Crippen molar-refractivity contribution >= 4 is 27.6 Å². The first-order valence-corrected chi connectivity index (χ1v) is 12.3. The second-order valence-electron chi connectivity index (χ2n) is 8.78. The fourth-order valence-electron chi connectivity index (χ4n) is 5.26. The van der Waals surface area contributed by atoms with E-state index in [2.05, 4.69) is 9.98 Å².